The van der Waals surface area contributed by atoms with Crippen LogP contribution in [0.1, 0.15) is 104 Å². The van der Waals surface area contributed by atoms with Crippen LogP contribution in [0, 0.1) is 11.8 Å². The Kier molecular flexibility index (Phi) is 10.2. The second kappa shape index (κ2) is 16.7. The SMILES string of the molecule is CCC1CCC2(C)N(c3ccccc3)c3ccc(-c4cc(-c5ccccc5)c5ccc6c(-c7ccc8c(c7)C7(C)CC(CC)CCC7(C)N8c7ccccc7)cc(-c7ccccc7)c7ccc4c5c76)cc3C2(C)C1. The predicted octanol–water partition coefficient (Wildman–Crippen LogP) is 20.0. The molecular formula is C72H68N2. The number of anilines is 4. The molecular weight excluding hydrogens is 893 g/mol. The third kappa shape index (κ3) is 6.30. The molecule has 10 aromatic carbocycles. The summed E-state index contributed by atoms with van der Waals surface area (Å²) in [6.45, 7) is 15.1. The summed E-state index contributed by atoms with van der Waals surface area (Å²) in [5.74, 6) is 1.42. The molecule has 2 nitrogen and oxygen atoms in total. The van der Waals surface area contributed by atoms with Crippen LogP contribution in [0.5, 0.6) is 0 Å². The van der Waals surface area contributed by atoms with Crippen molar-refractivity contribution in [1.82, 2.24) is 0 Å². The fourth-order valence-electron chi connectivity index (χ4n) is 15.9. The highest BCUT2D eigenvalue weighted by Gasteiger charge is 2.60. The number of rotatable bonds is 8. The van der Waals surface area contributed by atoms with Crippen molar-refractivity contribution in [2.24, 2.45) is 11.8 Å². The summed E-state index contributed by atoms with van der Waals surface area (Å²) in [4.78, 5) is 5.44. The van der Waals surface area contributed by atoms with E-state index in [1.54, 1.807) is 0 Å². The predicted molar refractivity (Wildman–Crippen MR) is 316 cm³/mol. The lowest BCUT2D eigenvalue weighted by Crippen LogP contribution is -2.56. The van der Waals surface area contributed by atoms with E-state index in [0.717, 1.165) is 0 Å². The lowest BCUT2D eigenvalue weighted by Gasteiger charge is -2.52. The largest absolute Gasteiger partial charge is 0.334 e. The molecule has 2 heteroatoms. The van der Waals surface area contributed by atoms with E-state index in [4.69, 9.17) is 0 Å². The zero-order chi connectivity index (χ0) is 50.1. The molecule has 2 fully saturated rings. The molecule has 0 saturated heterocycles. The van der Waals surface area contributed by atoms with Gasteiger partial charge in [0.2, 0.25) is 0 Å². The van der Waals surface area contributed by atoms with Gasteiger partial charge in [0.15, 0.2) is 0 Å². The van der Waals surface area contributed by atoms with Crippen LogP contribution in [0.2, 0.25) is 0 Å². The van der Waals surface area contributed by atoms with E-state index in [1.165, 1.54) is 162 Å². The van der Waals surface area contributed by atoms with Crippen molar-refractivity contribution in [2.45, 2.75) is 115 Å². The van der Waals surface area contributed by atoms with Gasteiger partial charge in [0.1, 0.15) is 0 Å². The topological polar surface area (TPSA) is 6.48 Å². The quantitative estimate of drug-likeness (QED) is 0.140. The molecule has 0 N–H and O–H groups in total. The average Bonchev–Trinajstić information content (AvgIpc) is 3.96. The van der Waals surface area contributed by atoms with Gasteiger partial charge in [-0.05, 0) is 213 Å². The van der Waals surface area contributed by atoms with Crippen molar-refractivity contribution < 1.29 is 0 Å². The third-order valence-corrected chi connectivity index (χ3v) is 20.4. The lowest BCUT2D eigenvalue weighted by atomic mass is 9.58. The maximum atomic E-state index is 2.72. The number of hydrogen-bond donors (Lipinski definition) is 0. The lowest BCUT2D eigenvalue weighted by molar-refractivity contribution is 0.143. The van der Waals surface area contributed by atoms with Crippen molar-refractivity contribution in [1.29, 1.82) is 0 Å². The molecule has 2 aliphatic carbocycles. The van der Waals surface area contributed by atoms with E-state index in [9.17, 15) is 0 Å². The molecule has 4 aliphatic rings. The second-order valence-electron chi connectivity index (χ2n) is 23.8. The highest BCUT2D eigenvalue weighted by atomic mass is 15.3. The van der Waals surface area contributed by atoms with Crippen LogP contribution in [-0.4, -0.2) is 11.1 Å². The maximum absolute atomic E-state index is 2.72. The molecule has 2 aliphatic heterocycles. The molecule has 0 aromatic heterocycles. The minimum absolute atomic E-state index is 0.0176. The maximum Gasteiger partial charge on any atom is 0.0518 e. The molecule has 2 heterocycles. The normalized spacial score (nSPS) is 25.1. The van der Waals surface area contributed by atoms with E-state index in [2.05, 4.69) is 245 Å². The Labute approximate surface area is 439 Å². The first-order chi connectivity index (χ1) is 36.1. The fraction of sp³-hybridized carbons (Fsp3) is 0.278. The summed E-state index contributed by atoms with van der Waals surface area (Å²) >= 11 is 0. The second-order valence-corrected chi connectivity index (χ2v) is 23.8. The summed E-state index contributed by atoms with van der Waals surface area (Å²) in [6.07, 6.45) is 9.74. The zero-order valence-electron chi connectivity index (χ0n) is 44.2. The Morgan fingerprint density at radius 3 is 1.07 bits per heavy atom. The van der Waals surface area contributed by atoms with Crippen LogP contribution in [0.15, 0.2) is 194 Å². The van der Waals surface area contributed by atoms with Gasteiger partial charge in [-0.15, -0.1) is 0 Å². The number of nitrogens with zero attached hydrogens (tertiary/aromatic N) is 2. The van der Waals surface area contributed by atoms with E-state index in [-0.39, 0.29) is 21.9 Å². The molecule has 2 saturated carbocycles. The van der Waals surface area contributed by atoms with Crippen molar-refractivity contribution in [2.75, 3.05) is 9.80 Å². The highest BCUT2D eigenvalue weighted by Crippen LogP contribution is 2.65. The van der Waals surface area contributed by atoms with Gasteiger partial charge in [-0.3, -0.25) is 0 Å². The van der Waals surface area contributed by atoms with E-state index >= 15 is 0 Å². The molecule has 0 amide bonds. The Balaban J connectivity index is 1.03. The Morgan fingerprint density at radius 2 is 0.716 bits per heavy atom. The summed E-state index contributed by atoms with van der Waals surface area (Å²) in [6, 6.07) is 74.8. The van der Waals surface area contributed by atoms with Gasteiger partial charge in [0, 0.05) is 33.6 Å². The standard InChI is InChI=1S/C72H68N2/c1-7-47-37-39-71(5)69(3,45-47)63-41-51(29-35-65(63)73(71)53-25-17-11-18-26-53)61-43-59(49-21-13-9-14-22-49)55-32-34-58-62(44-60(50-23-15-10-16-24-50)56-31-33-57(61)67(55)68(56)58)52-30-36-66-64(42-52)70(4)46-48(8-2)38-40-72(70,6)74(66)54-27-19-12-20-28-54/h9-36,41-44,47-48H,7-8,37-40,45-46H2,1-6H3. The molecule has 14 rings (SSSR count). The van der Waals surface area contributed by atoms with Crippen LogP contribution in [0.4, 0.5) is 22.7 Å². The minimum atomic E-state index is -0.0365. The van der Waals surface area contributed by atoms with Crippen LogP contribution >= 0.6 is 0 Å². The van der Waals surface area contributed by atoms with Crippen molar-refractivity contribution in [3.05, 3.63) is 205 Å². The number of fused-ring (bicyclic) bond motifs is 6. The monoisotopic (exact) mass is 961 g/mol. The number of para-hydroxylation sites is 2. The summed E-state index contributed by atoms with van der Waals surface area (Å²) in [5.41, 5.74) is 18.5. The van der Waals surface area contributed by atoms with Gasteiger partial charge >= 0.3 is 0 Å². The van der Waals surface area contributed by atoms with Crippen LogP contribution in [0.25, 0.3) is 76.8 Å². The van der Waals surface area contributed by atoms with E-state index < -0.39 is 0 Å². The van der Waals surface area contributed by atoms with Gasteiger partial charge in [-0.2, -0.15) is 0 Å². The molecule has 366 valence electrons. The van der Waals surface area contributed by atoms with Gasteiger partial charge in [-0.25, -0.2) is 0 Å². The molecule has 74 heavy (non-hydrogen) atoms. The minimum Gasteiger partial charge on any atom is -0.334 e. The number of hydrogen-bond acceptors (Lipinski definition) is 2. The van der Waals surface area contributed by atoms with Crippen molar-refractivity contribution >= 4 is 55.1 Å². The van der Waals surface area contributed by atoms with Crippen LogP contribution in [-0.2, 0) is 10.8 Å². The van der Waals surface area contributed by atoms with Crippen molar-refractivity contribution in [3.8, 4) is 44.5 Å². The van der Waals surface area contributed by atoms with Gasteiger partial charge < -0.3 is 9.80 Å². The van der Waals surface area contributed by atoms with Crippen LogP contribution in [0.3, 0.4) is 0 Å². The first-order valence-electron chi connectivity index (χ1n) is 28.0. The molecule has 0 radical (unpaired) electrons. The smallest absolute Gasteiger partial charge is 0.0518 e. The summed E-state index contributed by atoms with van der Waals surface area (Å²) in [7, 11) is 0. The summed E-state index contributed by atoms with van der Waals surface area (Å²) < 4.78 is 0. The Morgan fingerprint density at radius 1 is 0.378 bits per heavy atom. The number of benzene rings is 10. The van der Waals surface area contributed by atoms with Gasteiger partial charge in [-0.1, -0.05) is 174 Å². The van der Waals surface area contributed by atoms with Gasteiger partial charge in [0.05, 0.1) is 11.1 Å². The molecule has 6 atom stereocenters. The molecule has 6 unspecified atom stereocenters. The van der Waals surface area contributed by atoms with E-state index in [1.807, 2.05) is 0 Å². The van der Waals surface area contributed by atoms with Crippen LogP contribution < -0.4 is 9.80 Å². The fourth-order valence-corrected chi connectivity index (χ4v) is 15.9. The molecule has 0 spiro atoms. The Hall–Kier alpha value is -7.16. The highest BCUT2D eigenvalue weighted by molar-refractivity contribution is 6.32. The third-order valence-electron chi connectivity index (χ3n) is 20.4. The first-order valence-corrected chi connectivity index (χ1v) is 28.0. The average molecular weight is 961 g/mol. The molecule has 10 aromatic rings. The van der Waals surface area contributed by atoms with Crippen molar-refractivity contribution in [3.63, 3.8) is 0 Å². The first kappa shape index (κ1) is 45.5. The Bertz CT molecular complexity index is 3540. The summed E-state index contributed by atoms with van der Waals surface area (Å²) in [5, 5.41) is 7.96. The molecule has 0 bridgehead atoms. The van der Waals surface area contributed by atoms with E-state index in [0.29, 0.717) is 11.8 Å². The van der Waals surface area contributed by atoms with Gasteiger partial charge in [0.25, 0.3) is 0 Å². The zero-order valence-corrected chi connectivity index (χ0v) is 44.2.